The molecule has 6 atom stereocenters. The number of hydrogen-bond donors (Lipinski definition) is 0. The third-order valence-corrected chi connectivity index (χ3v) is 6.25. The fourth-order valence-electron chi connectivity index (χ4n) is 4.64. The molecule has 24 heavy (non-hydrogen) atoms. The molecular formula is C17H22N2O5. The molecule has 3 aliphatic heterocycles. The highest BCUT2D eigenvalue weighted by Crippen LogP contribution is 2.41. The topological polar surface area (TPSA) is 82.8 Å². The number of urea groups is 1. The molecule has 5 aliphatic rings. The standard InChI is InChI=1S/C17H22N2O5/c20-15(9-1-3-11-13(7-9)23-11)18-5-6-19(17(18)22)16(21)10-2-4-12-14(8-10)24-12/h9-14H,1-8H2/t9-,10-,11-,12+,13+,14-/m1/s1. The first-order valence-corrected chi connectivity index (χ1v) is 9.09. The zero-order valence-corrected chi connectivity index (χ0v) is 13.6. The largest absolute Gasteiger partial charge is 0.370 e. The van der Waals surface area contributed by atoms with Crippen LogP contribution in [0, 0.1) is 11.8 Å². The maximum Gasteiger partial charge on any atom is 0.333 e. The molecular weight excluding hydrogens is 312 g/mol. The van der Waals surface area contributed by atoms with Crippen LogP contribution >= 0.6 is 0 Å². The zero-order valence-electron chi connectivity index (χ0n) is 13.6. The number of ether oxygens (including phenoxy) is 2. The number of carbonyl (C=O) groups is 3. The molecule has 0 spiro atoms. The van der Waals surface area contributed by atoms with E-state index in [1.165, 1.54) is 9.80 Å². The van der Waals surface area contributed by atoms with Crippen LogP contribution in [0.25, 0.3) is 0 Å². The van der Waals surface area contributed by atoms with E-state index in [0.717, 1.165) is 25.7 Å². The summed E-state index contributed by atoms with van der Waals surface area (Å²) >= 11 is 0. The van der Waals surface area contributed by atoms with Gasteiger partial charge in [0.05, 0.1) is 24.4 Å². The van der Waals surface area contributed by atoms with Crippen LogP contribution in [-0.2, 0) is 19.1 Å². The number of fused-ring (bicyclic) bond motifs is 2. The molecule has 2 aliphatic carbocycles. The second kappa shape index (κ2) is 5.26. The van der Waals surface area contributed by atoms with Crippen molar-refractivity contribution < 1.29 is 23.9 Å². The maximum atomic E-state index is 12.7. The average Bonchev–Trinajstić information content (AvgIpc) is 3.49. The van der Waals surface area contributed by atoms with Crippen molar-refractivity contribution in [2.75, 3.05) is 13.1 Å². The molecule has 0 radical (unpaired) electrons. The van der Waals surface area contributed by atoms with Crippen LogP contribution in [0.3, 0.4) is 0 Å². The van der Waals surface area contributed by atoms with Crippen molar-refractivity contribution in [2.24, 2.45) is 11.8 Å². The molecule has 7 heteroatoms. The minimum atomic E-state index is -0.428. The van der Waals surface area contributed by atoms with E-state index in [0.29, 0.717) is 38.1 Å². The normalized spacial score (nSPS) is 43.2. The molecule has 2 saturated carbocycles. The van der Waals surface area contributed by atoms with Gasteiger partial charge < -0.3 is 9.47 Å². The molecule has 0 aromatic heterocycles. The summed E-state index contributed by atoms with van der Waals surface area (Å²) < 4.78 is 10.9. The van der Waals surface area contributed by atoms with Gasteiger partial charge in [0.1, 0.15) is 0 Å². The molecule has 0 unspecified atom stereocenters. The lowest BCUT2D eigenvalue weighted by Crippen LogP contribution is -2.44. The van der Waals surface area contributed by atoms with E-state index in [-0.39, 0.29) is 35.9 Å². The Kier molecular flexibility index (Phi) is 3.25. The maximum absolute atomic E-state index is 12.7. The van der Waals surface area contributed by atoms with Gasteiger partial charge in [-0.15, -0.1) is 0 Å². The van der Waals surface area contributed by atoms with E-state index in [1.54, 1.807) is 0 Å². The Hall–Kier alpha value is -1.47. The molecule has 5 rings (SSSR count). The predicted octanol–water partition coefficient (Wildman–Crippen LogP) is 0.912. The first-order valence-electron chi connectivity index (χ1n) is 9.09. The van der Waals surface area contributed by atoms with E-state index in [1.807, 2.05) is 0 Å². The minimum absolute atomic E-state index is 0.126. The fraction of sp³-hybridized carbons (Fsp3) is 0.824. The number of amides is 4. The number of rotatable bonds is 2. The first-order chi connectivity index (χ1) is 11.6. The van der Waals surface area contributed by atoms with E-state index >= 15 is 0 Å². The zero-order chi connectivity index (χ0) is 16.4. The van der Waals surface area contributed by atoms with E-state index in [2.05, 4.69) is 0 Å². The summed E-state index contributed by atoms with van der Waals surface area (Å²) in [6.45, 7) is 0.647. The van der Waals surface area contributed by atoms with Crippen LogP contribution in [-0.4, -0.2) is 65.2 Å². The van der Waals surface area contributed by atoms with Crippen molar-refractivity contribution in [3.8, 4) is 0 Å². The van der Waals surface area contributed by atoms with Crippen molar-refractivity contribution in [3.05, 3.63) is 0 Å². The van der Waals surface area contributed by atoms with Gasteiger partial charge in [-0.05, 0) is 38.5 Å². The Labute approximate surface area is 140 Å². The van der Waals surface area contributed by atoms with Gasteiger partial charge in [0, 0.05) is 24.9 Å². The lowest BCUT2D eigenvalue weighted by Gasteiger charge is -2.25. The molecule has 0 N–H and O–H groups in total. The van der Waals surface area contributed by atoms with Gasteiger partial charge in [0.15, 0.2) is 0 Å². The smallest absolute Gasteiger partial charge is 0.333 e. The minimum Gasteiger partial charge on any atom is -0.370 e. The summed E-state index contributed by atoms with van der Waals surface area (Å²) in [6, 6.07) is -0.428. The highest BCUT2D eigenvalue weighted by atomic mass is 16.6. The summed E-state index contributed by atoms with van der Waals surface area (Å²) in [5.74, 6) is -0.525. The van der Waals surface area contributed by atoms with Crippen LogP contribution in [0.4, 0.5) is 4.79 Å². The molecule has 5 fully saturated rings. The van der Waals surface area contributed by atoms with Gasteiger partial charge in [-0.25, -0.2) is 4.79 Å². The monoisotopic (exact) mass is 334 g/mol. The number of nitrogens with zero attached hydrogens (tertiary/aromatic N) is 2. The van der Waals surface area contributed by atoms with Crippen LogP contribution in [0.1, 0.15) is 38.5 Å². The summed E-state index contributed by atoms with van der Waals surface area (Å²) in [6.07, 6.45) is 5.86. The third kappa shape index (κ3) is 2.37. The van der Waals surface area contributed by atoms with E-state index in [4.69, 9.17) is 9.47 Å². The van der Waals surface area contributed by atoms with Gasteiger partial charge >= 0.3 is 6.03 Å². The van der Waals surface area contributed by atoms with Crippen LogP contribution in [0.2, 0.25) is 0 Å². The third-order valence-electron chi connectivity index (χ3n) is 6.25. The Morgan fingerprint density at radius 3 is 1.62 bits per heavy atom. The Balaban J connectivity index is 1.22. The fourth-order valence-corrected chi connectivity index (χ4v) is 4.64. The van der Waals surface area contributed by atoms with E-state index < -0.39 is 6.03 Å². The molecule has 0 bridgehead atoms. The van der Waals surface area contributed by atoms with Crippen molar-refractivity contribution in [2.45, 2.75) is 62.9 Å². The van der Waals surface area contributed by atoms with Crippen molar-refractivity contribution in [1.29, 1.82) is 0 Å². The molecule has 130 valence electrons. The van der Waals surface area contributed by atoms with Crippen molar-refractivity contribution >= 4 is 17.8 Å². The number of imide groups is 2. The lowest BCUT2D eigenvalue weighted by atomic mass is 9.88. The van der Waals surface area contributed by atoms with Crippen LogP contribution < -0.4 is 0 Å². The lowest BCUT2D eigenvalue weighted by molar-refractivity contribution is -0.133. The van der Waals surface area contributed by atoms with Gasteiger partial charge in [-0.3, -0.25) is 19.4 Å². The molecule has 7 nitrogen and oxygen atoms in total. The number of hydrogen-bond acceptors (Lipinski definition) is 5. The van der Waals surface area contributed by atoms with Crippen LogP contribution in [0.5, 0.6) is 0 Å². The summed E-state index contributed by atoms with van der Waals surface area (Å²) in [7, 11) is 0. The van der Waals surface area contributed by atoms with Crippen LogP contribution in [0.15, 0.2) is 0 Å². The van der Waals surface area contributed by atoms with E-state index in [9.17, 15) is 14.4 Å². The summed E-state index contributed by atoms with van der Waals surface area (Å²) in [5.41, 5.74) is 0. The summed E-state index contributed by atoms with van der Waals surface area (Å²) in [4.78, 5) is 40.5. The molecule has 4 amide bonds. The second-order valence-electron chi connectivity index (χ2n) is 7.71. The van der Waals surface area contributed by atoms with Gasteiger partial charge in [-0.1, -0.05) is 0 Å². The Bertz CT molecular complexity index is 558. The van der Waals surface area contributed by atoms with Gasteiger partial charge in [0.2, 0.25) is 11.8 Å². The highest BCUT2D eigenvalue weighted by Gasteiger charge is 2.50. The molecule has 3 saturated heterocycles. The summed E-state index contributed by atoms with van der Waals surface area (Å²) in [5, 5.41) is 0. The molecule has 0 aromatic carbocycles. The Morgan fingerprint density at radius 2 is 1.21 bits per heavy atom. The van der Waals surface area contributed by atoms with Gasteiger partial charge in [0.25, 0.3) is 0 Å². The van der Waals surface area contributed by atoms with Crippen molar-refractivity contribution in [1.82, 2.24) is 9.80 Å². The Morgan fingerprint density at radius 1 is 0.750 bits per heavy atom. The quantitative estimate of drug-likeness (QED) is 0.701. The highest BCUT2D eigenvalue weighted by molar-refractivity contribution is 6.04. The first kappa shape index (κ1) is 14.8. The van der Waals surface area contributed by atoms with Gasteiger partial charge in [-0.2, -0.15) is 0 Å². The SMILES string of the molecule is O=C([C@@H]1CC[C@H]2O[C@H]2C1)N1CCN(C(=O)[C@@H]2CC[C@@H]3O[C@@H]3C2)C1=O. The average molecular weight is 334 g/mol. The predicted molar refractivity (Wildman–Crippen MR) is 80.8 cm³/mol. The molecule has 3 heterocycles. The molecule has 0 aromatic rings. The second-order valence-corrected chi connectivity index (χ2v) is 7.71. The number of carbonyl (C=O) groups excluding carboxylic acids is 3. The number of epoxide rings is 2. The van der Waals surface area contributed by atoms with Crippen molar-refractivity contribution in [3.63, 3.8) is 0 Å².